The smallest absolute Gasteiger partial charge is 0.159 e. The lowest BCUT2D eigenvalue weighted by molar-refractivity contribution is -0.120. The summed E-state index contributed by atoms with van der Waals surface area (Å²) in [4.78, 5) is 22.1. The molecule has 0 bridgehead atoms. The fourth-order valence-electron chi connectivity index (χ4n) is 1.37. The van der Waals surface area contributed by atoms with E-state index in [0.29, 0.717) is 5.56 Å². The first-order valence-corrected chi connectivity index (χ1v) is 5.11. The molecule has 2 nitrogen and oxygen atoms in total. The van der Waals surface area contributed by atoms with E-state index in [4.69, 9.17) is 0 Å². The minimum atomic E-state index is 0.0492. The molecule has 0 fully saturated rings. The molecule has 0 heterocycles. The van der Waals surface area contributed by atoms with Gasteiger partial charge in [0.15, 0.2) is 5.78 Å². The van der Waals surface area contributed by atoms with Crippen LogP contribution in [0.3, 0.4) is 0 Å². The molecule has 0 saturated heterocycles. The Hall–Kier alpha value is -1.44. The molecule has 1 aromatic rings. The summed E-state index contributed by atoms with van der Waals surface area (Å²) in [6.07, 6.45) is 0.744. The largest absolute Gasteiger partial charge is 0.300 e. The molecule has 1 rings (SSSR count). The van der Waals surface area contributed by atoms with Gasteiger partial charge in [-0.25, -0.2) is 0 Å². The van der Waals surface area contributed by atoms with Crippen molar-refractivity contribution >= 4 is 11.6 Å². The van der Waals surface area contributed by atoms with Crippen LogP contribution in [0.2, 0.25) is 0 Å². The predicted molar refractivity (Wildman–Crippen MR) is 60.0 cm³/mol. The van der Waals surface area contributed by atoms with Gasteiger partial charge in [-0.2, -0.15) is 0 Å². The summed E-state index contributed by atoms with van der Waals surface area (Å²) in [5.74, 6) is 0.319. The van der Waals surface area contributed by atoms with Gasteiger partial charge in [0.05, 0.1) is 0 Å². The molecule has 1 atom stereocenters. The topological polar surface area (TPSA) is 34.1 Å². The van der Waals surface area contributed by atoms with Crippen molar-refractivity contribution in [3.63, 3.8) is 0 Å². The molecule has 2 heteroatoms. The van der Waals surface area contributed by atoms with Crippen LogP contribution < -0.4 is 0 Å². The molecule has 0 aromatic heterocycles. The van der Waals surface area contributed by atoms with Crippen molar-refractivity contribution in [2.45, 2.75) is 27.2 Å². The standard InChI is InChI=1S/C13H16O2/c1-9(10(2)14)8-12-4-6-13(7-5-12)11(3)15/h4-7,9H,8H2,1-3H3. The highest BCUT2D eigenvalue weighted by molar-refractivity contribution is 5.94. The van der Waals surface area contributed by atoms with Gasteiger partial charge in [0, 0.05) is 11.5 Å². The highest BCUT2D eigenvalue weighted by Gasteiger charge is 2.08. The number of benzene rings is 1. The van der Waals surface area contributed by atoms with Crippen LogP contribution in [0.15, 0.2) is 24.3 Å². The number of hydrogen-bond donors (Lipinski definition) is 0. The van der Waals surface area contributed by atoms with Crippen LogP contribution in [0.5, 0.6) is 0 Å². The lowest BCUT2D eigenvalue weighted by atomic mass is 9.97. The van der Waals surface area contributed by atoms with Crippen molar-refractivity contribution in [1.82, 2.24) is 0 Å². The van der Waals surface area contributed by atoms with Crippen LogP contribution in [-0.4, -0.2) is 11.6 Å². The average Bonchev–Trinajstić information content (AvgIpc) is 2.18. The van der Waals surface area contributed by atoms with E-state index < -0.39 is 0 Å². The van der Waals surface area contributed by atoms with Crippen molar-refractivity contribution in [2.24, 2.45) is 5.92 Å². The van der Waals surface area contributed by atoms with Gasteiger partial charge in [0.1, 0.15) is 5.78 Å². The van der Waals surface area contributed by atoms with Crippen molar-refractivity contribution in [3.8, 4) is 0 Å². The summed E-state index contributed by atoms with van der Waals surface area (Å²) in [6, 6.07) is 7.45. The first kappa shape index (κ1) is 11.6. The van der Waals surface area contributed by atoms with E-state index in [9.17, 15) is 9.59 Å². The SMILES string of the molecule is CC(=O)c1ccc(CC(C)C(C)=O)cc1. The van der Waals surface area contributed by atoms with Gasteiger partial charge in [0.25, 0.3) is 0 Å². The number of ketones is 2. The van der Waals surface area contributed by atoms with Gasteiger partial charge in [-0.3, -0.25) is 9.59 Å². The molecule has 15 heavy (non-hydrogen) atoms. The van der Waals surface area contributed by atoms with E-state index >= 15 is 0 Å². The Morgan fingerprint density at radius 3 is 2.07 bits per heavy atom. The van der Waals surface area contributed by atoms with Gasteiger partial charge in [0.2, 0.25) is 0 Å². The number of Topliss-reactive ketones (excluding diaryl/α,β-unsaturated/α-hetero) is 2. The fraction of sp³-hybridized carbons (Fsp3) is 0.385. The Balaban J connectivity index is 2.72. The van der Waals surface area contributed by atoms with Crippen molar-refractivity contribution in [3.05, 3.63) is 35.4 Å². The summed E-state index contributed by atoms with van der Waals surface area (Å²) >= 11 is 0. The summed E-state index contributed by atoms with van der Waals surface area (Å²) < 4.78 is 0. The summed E-state index contributed by atoms with van der Waals surface area (Å²) in [5, 5.41) is 0. The third kappa shape index (κ3) is 3.31. The summed E-state index contributed by atoms with van der Waals surface area (Å²) in [5.41, 5.74) is 1.82. The van der Waals surface area contributed by atoms with Crippen LogP contribution in [0, 0.1) is 5.92 Å². The third-order valence-electron chi connectivity index (χ3n) is 2.60. The zero-order valence-corrected chi connectivity index (χ0v) is 9.41. The van der Waals surface area contributed by atoms with Crippen LogP contribution in [0.4, 0.5) is 0 Å². The molecule has 0 aliphatic heterocycles. The van der Waals surface area contributed by atoms with Gasteiger partial charge in [-0.15, -0.1) is 0 Å². The number of hydrogen-bond acceptors (Lipinski definition) is 2. The highest BCUT2D eigenvalue weighted by Crippen LogP contribution is 2.11. The van der Waals surface area contributed by atoms with Crippen LogP contribution in [-0.2, 0) is 11.2 Å². The molecule has 0 N–H and O–H groups in total. The third-order valence-corrected chi connectivity index (χ3v) is 2.60. The van der Waals surface area contributed by atoms with Gasteiger partial charge in [-0.1, -0.05) is 31.2 Å². The molecular weight excluding hydrogens is 188 g/mol. The zero-order chi connectivity index (χ0) is 11.4. The Morgan fingerprint density at radius 1 is 1.13 bits per heavy atom. The van der Waals surface area contributed by atoms with E-state index in [1.54, 1.807) is 13.8 Å². The highest BCUT2D eigenvalue weighted by atomic mass is 16.1. The Morgan fingerprint density at radius 2 is 1.67 bits per heavy atom. The van der Waals surface area contributed by atoms with Crippen molar-refractivity contribution in [2.75, 3.05) is 0 Å². The van der Waals surface area contributed by atoms with E-state index in [0.717, 1.165) is 12.0 Å². The van der Waals surface area contributed by atoms with E-state index in [1.165, 1.54) is 0 Å². The van der Waals surface area contributed by atoms with Crippen LogP contribution in [0.25, 0.3) is 0 Å². The molecular formula is C13H16O2. The lowest BCUT2D eigenvalue weighted by Crippen LogP contribution is -2.09. The first-order valence-electron chi connectivity index (χ1n) is 5.11. The molecule has 0 radical (unpaired) electrons. The number of rotatable bonds is 4. The molecule has 0 aliphatic rings. The van der Waals surface area contributed by atoms with E-state index in [2.05, 4.69) is 0 Å². The molecule has 1 unspecified atom stereocenters. The fourth-order valence-corrected chi connectivity index (χ4v) is 1.37. The van der Waals surface area contributed by atoms with Crippen LogP contribution >= 0.6 is 0 Å². The second-order valence-corrected chi connectivity index (χ2v) is 3.97. The second-order valence-electron chi connectivity index (χ2n) is 3.97. The Bertz CT molecular complexity index is 363. The van der Waals surface area contributed by atoms with Gasteiger partial charge >= 0.3 is 0 Å². The maximum Gasteiger partial charge on any atom is 0.159 e. The van der Waals surface area contributed by atoms with Gasteiger partial charge in [-0.05, 0) is 25.8 Å². The molecule has 0 spiro atoms. The molecule has 0 saturated carbocycles. The maximum atomic E-state index is 11.1. The zero-order valence-electron chi connectivity index (χ0n) is 9.41. The summed E-state index contributed by atoms with van der Waals surface area (Å²) in [7, 11) is 0. The van der Waals surface area contributed by atoms with E-state index in [-0.39, 0.29) is 17.5 Å². The minimum absolute atomic E-state index is 0.0492. The Labute approximate surface area is 90.3 Å². The Kier molecular flexibility index (Phi) is 3.78. The second kappa shape index (κ2) is 4.87. The number of carbonyl (C=O) groups excluding carboxylic acids is 2. The average molecular weight is 204 g/mol. The number of carbonyl (C=O) groups is 2. The van der Waals surface area contributed by atoms with Gasteiger partial charge < -0.3 is 0 Å². The van der Waals surface area contributed by atoms with E-state index in [1.807, 2.05) is 31.2 Å². The van der Waals surface area contributed by atoms with Crippen molar-refractivity contribution < 1.29 is 9.59 Å². The minimum Gasteiger partial charge on any atom is -0.300 e. The van der Waals surface area contributed by atoms with Crippen molar-refractivity contribution in [1.29, 1.82) is 0 Å². The normalized spacial score (nSPS) is 12.2. The molecule has 0 aliphatic carbocycles. The predicted octanol–water partition coefficient (Wildman–Crippen LogP) is 2.66. The molecule has 0 amide bonds. The summed E-state index contributed by atoms with van der Waals surface area (Å²) in [6.45, 7) is 5.07. The lowest BCUT2D eigenvalue weighted by Gasteiger charge is -2.07. The van der Waals surface area contributed by atoms with Crippen LogP contribution in [0.1, 0.15) is 36.7 Å². The molecule has 1 aromatic carbocycles. The molecule has 80 valence electrons. The maximum absolute atomic E-state index is 11.1. The first-order chi connectivity index (χ1) is 7.00. The monoisotopic (exact) mass is 204 g/mol. The quantitative estimate of drug-likeness (QED) is 0.706.